The number of ether oxygens (including phenoxy) is 1. The monoisotopic (exact) mass is 332 g/mol. The molecule has 1 aliphatic carbocycles. The summed E-state index contributed by atoms with van der Waals surface area (Å²) >= 11 is 0. The number of rotatable bonds is 7. The Labute approximate surface area is 144 Å². The first-order valence-corrected chi connectivity index (χ1v) is 9.10. The second-order valence-electron chi connectivity index (χ2n) is 6.83. The van der Waals surface area contributed by atoms with Crippen LogP contribution in [0.1, 0.15) is 37.7 Å². The van der Waals surface area contributed by atoms with Crippen molar-refractivity contribution in [2.45, 2.75) is 50.8 Å². The van der Waals surface area contributed by atoms with Crippen molar-refractivity contribution >= 4 is 6.09 Å². The maximum atomic E-state index is 12.5. The number of hydrogen-bond acceptors (Lipinski definition) is 4. The summed E-state index contributed by atoms with van der Waals surface area (Å²) in [6.45, 7) is 2.84. The van der Waals surface area contributed by atoms with E-state index < -0.39 is 0 Å². The molecular weight excluding hydrogens is 304 g/mol. The van der Waals surface area contributed by atoms with Crippen LogP contribution in [-0.2, 0) is 11.3 Å². The summed E-state index contributed by atoms with van der Waals surface area (Å²) in [5.41, 5.74) is 1.01. The number of likely N-dealkylation sites (tertiary alicyclic amines) is 1. The van der Waals surface area contributed by atoms with Crippen LogP contribution in [0, 0.1) is 0 Å². The van der Waals surface area contributed by atoms with Gasteiger partial charge >= 0.3 is 6.09 Å². The van der Waals surface area contributed by atoms with E-state index in [0.29, 0.717) is 19.2 Å². The van der Waals surface area contributed by atoms with E-state index in [0.717, 1.165) is 37.9 Å². The smallest absolute Gasteiger partial charge is 0.410 e. The fourth-order valence-corrected chi connectivity index (χ4v) is 3.49. The lowest BCUT2D eigenvalue weighted by Crippen LogP contribution is -2.50. The minimum absolute atomic E-state index is 0.182. The summed E-state index contributed by atoms with van der Waals surface area (Å²) in [6, 6.07) is 10.6. The Hall–Kier alpha value is -1.59. The summed E-state index contributed by atoms with van der Waals surface area (Å²) < 4.78 is 5.53. The molecule has 1 saturated carbocycles. The molecule has 2 aliphatic rings. The Morgan fingerprint density at radius 1 is 1.21 bits per heavy atom. The number of aliphatic hydroxyl groups excluding tert-OH is 1. The molecule has 1 atom stereocenters. The summed E-state index contributed by atoms with van der Waals surface area (Å²) in [5, 5.41) is 9.28. The molecule has 1 saturated heterocycles. The molecule has 3 rings (SSSR count). The van der Waals surface area contributed by atoms with Crippen LogP contribution in [0.15, 0.2) is 30.3 Å². The zero-order valence-electron chi connectivity index (χ0n) is 14.3. The van der Waals surface area contributed by atoms with Gasteiger partial charge in [-0.3, -0.25) is 4.90 Å². The molecule has 0 spiro atoms. The molecule has 5 nitrogen and oxygen atoms in total. The van der Waals surface area contributed by atoms with Gasteiger partial charge in [-0.05, 0) is 37.7 Å². The number of carbonyl (C=O) groups is 1. The van der Waals surface area contributed by atoms with E-state index in [9.17, 15) is 9.90 Å². The summed E-state index contributed by atoms with van der Waals surface area (Å²) in [4.78, 5) is 16.8. The third kappa shape index (κ3) is 4.71. The highest BCUT2D eigenvalue weighted by molar-refractivity contribution is 5.68. The van der Waals surface area contributed by atoms with Crippen LogP contribution in [0.2, 0.25) is 0 Å². The SMILES string of the molecule is O=C(OCc1ccccc1)N1CCCC[C@@H]1CN(CCO)C1CC1. The van der Waals surface area contributed by atoms with Crippen LogP contribution < -0.4 is 0 Å². The minimum Gasteiger partial charge on any atom is -0.445 e. The van der Waals surface area contributed by atoms with Gasteiger partial charge in [0.1, 0.15) is 6.61 Å². The van der Waals surface area contributed by atoms with E-state index in [-0.39, 0.29) is 18.7 Å². The van der Waals surface area contributed by atoms with Crippen LogP contribution in [0.4, 0.5) is 4.79 Å². The largest absolute Gasteiger partial charge is 0.445 e. The van der Waals surface area contributed by atoms with Gasteiger partial charge in [-0.15, -0.1) is 0 Å². The predicted molar refractivity (Wildman–Crippen MR) is 92.7 cm³/mol. The molecule has 1 aliphatic heterocycles. The van der Waals surface area contributed by atoms with Crippen molar-refractivity contribution < 1.29 is 14.6 Å². The highest BCUT2D eigenvalue weighted by atomic mass is 16.6. The average molecular weight is 332 g/mol. The first-order valence-electron chi connectivity index (χ1n) is 9.10. The number of piperidine rings is 1. The number of hydrogen-bond donors (Lipinski definition) is 1. The second kappa shape index (κ2) is 8.49. The van der Waals surface area contributed by atoms with Crippen LogP contribution in [0.5, 0.6) is 0 Å². The Morgan fingerprint density at radius 3 is 2.71 bits per heavy atom. The van der Waals surface area contributed by atoms with Gasteiger partial charge in [-0.1, -0.05) is 30.3 Å². The lowest BCUT2D eigenvalue weighted by Gasteiger charge is -2.38. The highest BCUT2D eigenvalue weighted by Gasteiger charge is 2.34. The molecule has 0 radical (unpaired) electrons. The minimum atomic E-state index is -0.205. The standard InChI is InChI=1S/C19H28N2O3/c22-13-12-20(17-9-10-17)14-18-8-4-5-11-21(18)19(23)24-15-16-6-2-1-3-7-16/h1-3,6-7,17-18,22H,4-5,8-15H2/t18-/m1/s1. The Kier molecular flexibility index (Phi) is 6.10. The fourth-order valence-electron chi connectivity index (χ4n) is 3.49. The number of nitrogens with zero attached hydrogens (tertiary/aromatic N) is 2. The molecule has 0 unspecified atom stereocenters. The molecule has 24 heavy (non-hydrogen) atoms. The van der Waals surface area contributed by atoms with Gasteiger partial charge < -0.3 is 14.7 Å². The van der Waals surface area contributed by atoms with Crippen molar-refractivity contribution in [1.82, 2.24) is 9.80 Å². The third-order valence-electron chi connectivity index (χ3n) is 4.96. The maximum Gasteiger partial charge on any atom is 0.410 e. The third-order valence-corrected chi connectivity index (χ3v) is 4.96. The number of carbonyl (C=O) groups excluding carboxylic acids is 1. The van der Waals surface area contributed by atoms with E-state index in [1.165, 1.54) is 12.8 Å². The lowest BCUT2D eigenvalue weighted by atomic mass is 10.0. The Bertz CT molecular complexity index is 519. The number of benzene rings is 1. The predicted octanol–water partition coefficient (Wildman–Crippen LogP) is 2.63. The Morgan fingerprint density at radius 2 is 2.00 bits per heavy atom. The normalized spacial score (nSPS) is 21.1. The maximum absolute atomic E-state index is 12.5. The summed E-state index contributed by atoms with van der Waals surface area (Å²) in [6.07, 6.45) is 5.44. The molecule has 0 aromatic heterocycles. The van der Waals surface area contributed by atoms with Gasteiger partial charge in [0.15, 0.2) is 0 Å². The van der Waals surface area contributed by atoms with Gasteiger partial charge in [-0.2, -0.15) is 0 Å². The van der Waals surface area contributed by atoms with Gasteiger partial charge in [0.25, 0.3) is 0 Å². The van der Waals surface area contributed by atoms with E-state index in [2.05, 4.69) is 4.90 Å². The van der Waals surface area contributed by atoms with E-state index in [1.54, 1.807) is 0 Å². The van der Waals surface area contributed by atoms with Crippen molar-refractivity contribution in [2.75, 3.05) is 26.2 Å². The van der Waals surface area contributed by atoms with Gasteiger partial charge in [0, 0.05) is 31.7 Å². The molecule has 0 bridgehead atoms. The second-order valence-corrected chi connectivity index (χ2v) is 6.83. The average Bonchev–Trinajstić information content (AvgIpc) is 3.46. The van der Waals surface area contributed by atoms with Crippen LogP contribution in [-0.4, -0.2) is 59.3 Å². The molecule has 5 heteroatoms. The molecule has 1 N–H and O–H groups in total. The van der Waals surface area contributed by atoms with Gasteiger partial charge in [0.05, 0.1) is 6.61 Å². The van der Waals surface area contributed by atoms with Crippen molar-refractivity contribution in [3.63, 3.8) is 0 Å². The quantitative estimate of drug-likeness (QED) is 0.834. The van der Waals surface area contributed by atoms with E-state index >= 15 is 0 Å². The molecule has 132 valence electrons. The molecule has 1 amide bonds. The first-order chi connectivity index (χ1) is 11.8. The topological polar surface area (TPSA) is 53.0 Å². The Balaban J connectivity index is 1.55. The van der Waals surface area contributed by atoms with Gasteiger partial charge in [-0.25, -0.2) is 4.79 Å². The highest BCUT2D eigenvalue weighted by Crippen LogP contribution is 2.28. The molecule has 2 fully saturated rings. The molecular formula is C19H28N2O3. The number of amides is 1. The van der Waals surface area contributed by atoms with Crippen LogP contribution in [0.3, 0.4) is 0 Å². The van der Waals surface area contributed by atoms with Crippen LogP contribution >= 0.6 is 0 Å². The zero-order valence-corrected chi connectivity index (χ0v) is 14.3. The van der Waals surface area contributed by atoms with Gasteiger partial charge in [0.2, 0.25) is 0 Å². The van der Waals surface area contributed by atoms with E-state index in [1.807, 2.05) is 35.2 Å². The van der Waals surface area contributed by atoms with Crippen LogP contribution in [0.25, 0.3) is 0 Å². The molecule has 1 aromatic rings. The fraction of sp³-hybridized carbons (Fsp3) is 0.632. The van der Waals surface area contributed by atoms with Crippen molar-refractivity contribution in [3.05, 3.63) is 35.9 Å². The van der Waals surface area contributed by atoms with Crippen molar-refractivity contribution in [3.8, 4) is 0 Å². The van der Waals surface area contributed by atoms with Crippen molar-refractivity contribution in [2.24, 2.45) is 0 Å². The molecule has 1 heterocycles. The summed E-state index contributed by atoms with van der Waals surface area (Å²) in [7, 11) is 0. The molecule has 1 aromatic carbocycles. The summed E-state index contributed by atoms with van der Waals surface area (Å²) in [5.74, 6) is 0. The first kappa shape index (κ1) is 17.2. The lowest BCUT2D eigenvalue weighted by molar-refractivity contribution is 0.0527. The number of aliphatic hydroxyl groups is 1. The van der Waals surface area contributed by atoms with Crippen molar-refractivity contribution in [1.29, 1.82) is 0 Å². The van der Waals surface area contributed by atoms with E-state index in [4.69, 9.17) is 4.74 Å². The zero-order chi connectivity index (χ0) is 16.8.